The van der Waals surface area contributed by atoms with Crippen LogP contribution in [0.3, 0.4) is 0 Å². The van der Waals surface area contributed by atoms with Gasteiger partial charge in [-0.15, -0.1) is 0 Å². The lowest BCUT2D eigenvalue weighted by Gasteiger charge is -2.04. The summed E-state index contributed by atoms with van der Waals surface area (Å²) >= 11 is 0. The predicted molar refractivity (Wildman–Crippen MR) is 107 cm³/mol. The molecule has 4 heterocycles. The van der Waals surface area contributed by atoms with Crippen LogP contribution in [0.1, 0.15) is 11.3 Å². The number of hydrogen-bond acceptors (Lipinski definition) is 5. The van der Waals surface area contributed by atoms with Crippen molar-refractivity contribution in [3.05, 3.63) is 82.2 Å². The zero-order chi connectivity index (χ0) is 20.0. The summed E-state index contributed by atoms with van der Waals surface area (Å²) in [7, 11) is 0. The van der Waals surface area contributed by atoms with E-state index in [1.807, 2.05) is 12.1 Å². The molecule has 1 aromatic carbocycles. The normalized spacial score (nSPS) is 11.4. The molecule has 142 valence electrons. The van der Waals surface area contributed by atoms with Crippen LogP contribution in [0.4, 0.5) is 4.39 Å². The number of rotatable bonds is 3. The minimum atomic E-state index is -0.295. The molecular weight excluding hydrogens is 371 g/mol. The van der Waals surface area contributed by atoms with E-state index >= 15 is 0 Å². The van der Waals surface area contributed by atoms with Gasteiger partial charge in [0.05, 0.1) is 12.2 Å². The Morgan fingerprint density at radius 1 is 1.07 bits per heavy atom. The van der Waals surface area contributed by atoms with Crippen molar-refractivity contribution in [2.45, 2.75) is 13.5 Å². The Kier molecular flexibility index (Phi) is 3.90. The molecule has 0 fully saturated rings. The molecule has 29 heavy (non-hydrogen) atoms. The Morgan fingerprint density at radius 3 is 2.79 bits per heavy atom. The third-order valence-electron chi connectivity index (χ3n) is 4.75. The Labute approximate surface area is 163 Å². The quantitative estimate of drug-likeness (QED) is 0.514. The first-order valence-corrected chi connectivity index (χ1v) is 9.03. The number of nitrogens with zero attached hydrogens (tertiary/aromatic N) is 5. The zero-order valence-corrected chi connectivity index (χ0v) is 15.4. The highest BCUT2D eigenvalue weighted by molar-refractivity contribution is 5.91. The van der Waals surface area contributed by atoms with E-state index < -0.39 is 0 Å². The van der Waals surface area contributed by atoms with E-state index in [1.54, 1.807) is 48.1 Å². The summed E-state index contributed by atoms with van der Waals surface area (Å²) in [4.78, 5) is 27.9. The van der Waals surface area contributed by atoms with Gasteiger partial charge in [-0.1, -0.05) is 18.2 Å². The van der Waals surface area contributed by atoms with Crippen molar-refractivity contribution in [2.75, 3.05) is 0 Å². The largest absolute Gasteiger partial charge is 0.304 e. The molecule has 0 aliphatic rings. The number of hydrogen-bond donors (Lipinski definition) is 1. The van der Waals surface area contributed by atoms with Crippen molar-refractivity contribution >= 4 is 22.2 Å². The third kappa shape index (κ3) is 2.94. The van der Waals surface area contributed by atoms with Crippen molar-refractivity contribution in [1.29, 1.82) is 0 Å². The summed E-state index contributed by atoms with van der Waals surface area (Å²) in [6.07, 6.45) is 1.67. The van der Waals surface area contributed by atoms with E-state index in [2.05, 4.69) is 25.0 Å². The number of aryl methyl sites for hydroxylation is 1. The van der Waals surface area contributed by atoms with Gasteiger partial charge in [-0.05, 0) is 37.3 Å². The van der Waals surface area contributed by atoms with Crippen LogP contribution in [-0.4, -0.2) is 29.7 Å². The van der Waals surface area contributed by atoms with Gasteiger partial charge in [0.2, 0.25) is 0 Å². The lowest BCUT2D eigenvalue weighted by molar-refractivity contribution is 0.589. The number of pyridine rings is 2. The van der Waals surface area contributed by atoms with Gasteiger partial charge < -0.3 is 4.98 Å². The maximum Gasteiger partial charge on any atom is 0.270 e. The van der Waals surface area contributed by atoms with E-state index in [9.17, 15) is 9.18 Å². The van der Waals surface area contributed by atoms with Crippen molar-refractivity contribution in [3.63, 3.8) is 0 Å². The highest BCUT2D eigenvalue weighted by Crippen LogP contribution is 2.27. The van der Waals surface area contributed by atoms with Gasteiger partial charge in [0.1, 0.15) is 22.7 Å². The number of H-pyrrole nitrogens is 1. The smallest absolute Gasteiger partial charge is 0.270 e. The molecule has 7 nitrogen and oxygen atoms in total. The molecule has 8 heteroatoms. The van der Waals surface area contributed by atoms with Gasteiger partial charge in [-0.3, -0.25) is 4.79 Å². The minimum Gasteiger partial charge on any atom is -0.304 e. The first-order chi connectivity index (χ1) is 14.1. The SMILES string of the molecule is Cc1nc2ccc(-c3nn(Cc4ccccc4F)c4ncccc34)nc2[nH]c1=O. The number of halogens is 1. The second kappa shape index (κ2) is 6.59. The van der Waals surface area contributed by atoms with Gasteiger partial charge in [-0.25, -0.2) is 24.0 Å². The average molecular weight is 386 g/mol. The second-order valence-electron chi connectivity index (χ2n) is 6.69. The molecule has 0 amide bonds. The van der Waals surface area contributed by atoms with E-state index in [0.29, 0.717) is 39.5 Å². The van der Waals surface area contributed by atoms with Gasteiger partial charge in [0.25, 0.3) is 5.56 Å². The Balaban J connectivity index is 1.68. The average Bonchev–Trinajstić information content (AvgIpc) is 3.09. The van der Waals surface area contributed by atoms with Crippen LogP contribution in [0.2, 0.25) is 0 Å². The fraction of sp³-hybridized carbons (Fsp3) is 0.0952. The van der Waals surface area contributed by atoms with Crippen LogP contribution in [0.5, 0.6) is 0 Å². The highest BCUT2D eigenvalue weighted by atomic mass is 19.1. The van der Waals surface area contributed by atoms with E-state index in [0.717, 1.165) is 5.39 Å². The minimum absolute atomic E-state index is 0.241. The predicted octanol–water partition coefficient (Wildman–Crippen LogP) is 3.23. The van der Waals surface area contributed by atoms with E-state index in [1.165, 1.54) is 6.07 Å². The molecular formula is C21H15FN6O. The number of fused-ring (bicyclic) bond motifs is 2. The lowest BCUT2D eigenvalue weighted by atomic mass is 10.2. The molecule has 0 saturated carbocycles. The van der Waals surface area contributed by atoms with Gasteiger partial charge in [0.15, 0.2) is 11.3 Å². The van der Waals surface area contributed by atoms with Crippen LogP contribution < -0.4 is 5.56 Å². The highest BCUT2D eigenvalue weighted by Gasteiger charge is 2.16. The summed E-state index contributed by atoms with van der Waals surface area (Å²) in [5.41, 5.74) is 3.41. The first-order valence-electron chi connectivity index (χ1n) is 9.03. The molecule has 0 unspecified atom stereocenters. The summed E-state index contributed by atoms with van der Waals surface area (Å²) in [5, 5.41) is 5.45. The maximum atomic E-state index is 14.1. The zero-order valence-electron chi connectivity index (χ0n) is 15.4. The van der Waals surface area contributed by atoms with Crippen molar-refractivity contribution in [1.82, 2.24) is 29.7 Å². The first kappa shape index (κ1) is 17.2. The van der Waals surface area contributed by atoms with Crippen LogP contribution in [0, 0.1) is 12.7 Å². The van der Waals surface area contributed by atoms with Crippen molar-refractivity contribution < 1.29 is 4.39 Å². The Morgan fingerprint density at radius 2 is 1.93 bits per heavy atom. The molecule has 0 aliphatic heterocycles. The molecule has 4 aromatic heterocycles. The number of nitrogens with one attached hydrogen (secondary N) is 1. The molecule has 0 spiro atoms. The molecule has 0 radical (unpaired) electrons. The molecule has 0 aliphatic carbocycles. The van der Waals surface area contributed by atoms with Crippen LogP contribution >= 0.6 is 0 Å². The van der Waals surface area contributed by atoms with Crippen molar-refractivity contribution in [2.24, 2.45) is 0 Å². The molecule has 5 rings (SSSR count). The Bertz CT molecular complexity index is 1440. The van der Waals surface area contributed by atoms with Gasteiger partial charge in [-0.2, -0.15) is 5.10 Å². The summed E-state index contributed by atoms with van der Waals surface area (Å²) in [5.74, 6) is -0.295. The number of aromatic amines is 1. The summed E-state index contributed by atoms with van der Waals surface area (Å²) in [6, 6.07) is 13.9. The number of aromatic nitrogens is 6. The second-order valence-corrected chi connectivity index (χ2v) is 6.69. The van der Waals surface area contributed by atoms with Gasteiger partial charge in [0, 0.05) is 17.1 Å². The summed E-state index contributed by atoms with van der Waals surface area (Å²) in [6.45, 7) is 1.89. The standard InChI is InChI=1S/C21H15FN6O/c1-12-21(29)26-19-17(24-12)9-8-16(25-19)18-14-6-4-10-23-20(14)28(27-18)11-13-5-2-3-7-15(13)22/h2-10H,11H2,1H3,(H,25,26,29). The van der Waals surface area contributed by atoms with Gasteiger partial charge >= 0.3 is 0 Å². The van der Waals surface area contributed by atoms with Crippen LogP contribution in [-0.2, 0) is 6.54 Å². The third-order valence-corrected chi connectivity index (χ3v) is 4.75. The maximum absolute atomic E-state index is 14.1. The van der Waals surface area contributed by atoms with Crippen LogP contribution in [0.25, 0.3) is 33.6 Å². The monoisotopic (exact) mass is 386 g/mol. The number of benzene rings is 1. The fourth-order valence-electron chi connectivity index (χ4n) is 3.29. The fourth-order valence-corrected chi connectivity index (χ4v) is 3.29. The van der Waals surface area contributed by atoms with E-state index in [-0.39, 0.29) is 17.9 Å². The molecule has 1 N–H and O–H groups in total. The topological polar surface area (TPSA) is 89.3 Å². The van der Waals surface area contributed by atoms with Crippen molar-refractivity contribution in [3.8, 4) is 11.4 Å². The van der Waals surface area contributed by atoms with Crippen LogP contribution in [0.15, 0.2) is 59.5 Å². The summed E-state index contributed by atoms with van der Waals surface area (Å²) < 4.78 is 15.8. The molecule has 0 atom stereocenters. The Hall–Kier alpha value is -3.94. The van der Waals surface area contributed by atoms with E-state index in [4.69, 9.17) is 0 Å². The molecule has 0 saturated heterocycles. The molecule has 0 bridgehead atoms. The lowest BCUT2D eigenvalue weighted by Crippen LogP contribution is -2.12. The molecule has 5 aromatic rings.